The molecule has 1 saturated heterocycles. The van der Waals surface area contributed by atoms with E-state index in [9.17, 15) is 0 Å². The molecule has 2 N–H and O–H groups in total. The van der Waals surface area contributed by atoms with Crippen molar-refractivity contribution in [1.29, 1.82) is 0 Å². The molecule has 1 aliphatic rings. The van der Waals surface area contributed by atoms with Crippen molar-refractivity contribution in [2.45, 2.75) is 38.4 Å². The molecular formula is C20H26N2O. The van der Waals surface area contributed by atoms with Crippen molar-refractivity contribution >= 4 is 0 Å². The van der Waals surface area contributed by atoms with Crippen molar-refractivity contribution < 1.29 is 4.74 Å². The van der Waals surface area contributed by atoms with Gasteiger partial charge in [-0.25, -0.2) is 0 Å². The Labute approximate surface area is 139 Å². The monoisotopic (exact) mass is 310 g/mol. The number of piperidine rings is 1. The van der Waals surface area contributed by atoms with Crippen molar-refractivity contribution in [1.82, 2.24) is 10.6 Å². The molecule has 1 aliphatic heterocycles. The Hall–Kier alpha value is -1.84. The summed E-state index contributed by atoms with van der Waals surface area (Å²) in [6.45, 7) is 4.66. The number of hydrogen-bond donors (Lipinski definition) is 2. The average Bonchev–Trinajstić information content (AvgIpc) is 2.62. The normalized spacial score (nSPS) is 21.1. The van der Waals surface area contributed by atoms with Crippen LogP contribution in [0.25, 0.3) is 0 Å². The Kier molecular flexibility index (Phi) is 5.67. The molecule has 1 fully saturated rings. The Balaban J connectivity index is 1.68. The van der Waals surface area contributed by atoms with Crippen LogP contribution in [0.5, 0.6) is 5.75 Å². The van der Waals surface area contributed by atoms with Gasteiger partial charge in [-0.05, 0) is 37.9 Å². The summed E-state index contributed by atoms with van der Waals surface area (Å²) in [4.78, 5) is 0. The lowest BCUT2D eigenvalue weighted by Crippen LogP contribution is -2.45. The minimum atomic E-state index is 0.379. The quantitative estimate of drug-likeness (QED) is 0.854. The highest BCUT2D eigenvalue weighted by atomic mass is 16.5. The number of ether oxygens (including phenoxy) is 1. The van der Waals surface area contributed by atoms with Gasteiger partial charge in [0, 0.05) is 24.2 Å². The molecule has 23 heavy (non-hydrogen) atoms. The fourth-order valence-electron chi connectivity index (χ4n) is 3.31. The molecule has 1 heterocycles. The van der Waals surface area contributed by atoms with Crippen LogP contribution >= 0.6 is 0 Å². The number of benzene rings is 2. The van der Waals surface area contributed by atoms with Crippen LogP contribution in [0, 0.1) is 0 Å². The topological polar surface area (TPSA) is 33.3 Å². The average molecular weight is 310 g/mol. The van der Waals surface area contributed by atoms with Crippen LogP contribution in [0.2, 0.25) is 0 Å². The maximum absolute atomic E-state index is 5.73. The first kappa shape index (κ1) is 16.0. The summed E-state index contributed by atoms with van der Waals surface area (Å²) in [6, 6.07) is 19.9. The molecule has 0 aliphatic carbocycles. The van der Waals surface area contributed by atoms with Crippen molar-refractivity contribution in [3.05, 3.63) is 65.7 Å². The zero-order chi connectivity index (χ0) is 15.9. The van der Waals surface area contributed by atoms with E-state index >= 15 is 0 Å². The molecule has 122 valence electrons. The molecule has 2 aromatic carbocycles. The summed E-state index contributed by atoms with van der Waals surface area (Å²) in [5.74, 6) is 0.988. The van der Waals surface area contributed by atoms with Gasteiger partial charge in [0.2, 0.25) is 0 Å². The van der Waals surface area contributed by atoms with Gasteiger partial charge in [-0.15, -0.1) is 0 Å². The highest BCUT2D eigenvalue weighted by molar-refractivity contribution is 5.33. The van der Waals surface area contributed by atoms with Crippen LogP contribution in [-0.4, -0.2) is 19.2 Å². The third-order valence-corrected chi connectivity index (χ3v) is 4.44. The molecule has 0 spiro atoms. The van der Waals surface area contributed by atoms with Gasteiger partial charge >= 0.3 is 0 Å². The van der Waals surface area contributed by atoms with Crippen molar-refractivity contribution in [3.8, 4) is 5.75 Å². The number of rotatable bonds is 6. The molecular weight excluding hydrogens is 284 g/mol. The van der Waals surface area contributed by atoms with Gasteiger partial charge in [0.25, 0.3) is 0 Å². The predicted octanol–water partition coefficient (Wildman–Crippen LogP) is 3.67. The molecule has 0 bridgehead atoms. The minimum absolute atomic E-state index is 0.379. The van der Waals surface area contributed by atoms with Crippen LogP contribution in [-0.2, 0) is 6.54 Å². The lowest BCUT2D eigenvalue weighted by Gasteiger charge is -2.34. The van der Waals surface area contributed by atoms with Crippen molar-refractivity contribution in [3.63, 3.8) is 0 Å². The van der Waals surface area contributed by atoms with E-state index in [-0.39, 0.29) is 0 Å². The SMILES string of the molecule is CCOc1ccccc1CN[C@@H]1CCCN[C@@H]1c1ccccc1. The fraction of sp³-hybridized carbons (Fsp3) is 0.400. The van der Waals surface area contributed by atoms with Crippen molar-refractivity contribution in [2.75, 3.05) is 13.2 Å². The Morgan fingerprint density at radius 1 is 1.09 bits per heavy atom. The van der Waals surface area contributed by atoms with E-state index in [0.29, 0.717) is 18.7 Å². The smallest absolute Gasteiger partial charge is 0.123 e. The number of nitrogens with one attached hydrogen (secondary N) is 2. The predicted molar refractivity (Wildman–Crippen MR) is 94.7 cm³/mol. The molecule has 0 aromatic heterocycles. The first-order valence-corrected chi connectivity index (χ1v) is 8.61. The minimum Gasteiger partial charge on any atom is -0.494 e. The highest BCUT2D eigenvalue weighted by Crippen LogP contribution is 2.25. The van der Waals surface area contributed by atoms with Crippen molar-refractivity contribution in [2.24, 2.45) is 0 Å². The second-order valence-electron chi connectivity index (χ2n) is 6.01. The zero-order valence-electron chi connectivity index (χ0n) is 13.8. The van der Waals surface area contributed by atoms with Crippen LogP contribution < -0.4 is 15.4 Å². The van der Waals surface area contributed by atoms with Gasteiger partial charge in [0.05, 0.1) is 6.61 Å². The Morgan fingerprint density at radius 3 is 2.70 bits per heavy atom. The van der Waals surface area contributed by atoms with Gasteiger partial charge < -0.3 is 15.4 Å². The summed E-state index contributed by atoms with van der Waals surface area (Å²) < 4.78 is 5.73. The lowest BCUT2D eigenvalue weighted by atomic mass is 9.92. The molecule has 2 atom stereocenters. The van der Waals surface area contributed by atoms with Gasteiger partial charge in [0.1, 0.15) is 5.75 Å². The van der Waals surface area contributed by atoms with E-state index in [1.165, 1.54) is 24.0 Å². The largest absolute Gasteiger partial charge is 0.494 e. The Bertz CT molecular complexity index is 600. The van der Waals surface area contributed by atoms with E-state index in [4.69, 9.17) is 4.74 Å². The van der Waals surface area contributed by atoms with E-state index < -0.39 is 0 Å². The van der Waals surface area contributed by atoms with Gasteiger partial charge in [0.15, 0.2) is 0 Å². The third kappa shape index (κ3) is 4.12. The van der Waals surface area contributed by atoms with E-state index in [0.717, 1.165) is 18.8 Å². The van der Waals surface area contributed by atoms with Crippen LogP contribution in [0.3, 0.4) is 0 Å². The number of para-hydroxylation sites is 1. The fourth-order valence-corrected chi connectivity index (χ4v) is 3.31. The Morgan fingerprint density at radius 2 is 1.87 bits per heavy atom. The van der Waals surface area contributed by atoms with E-state index in [1.54, 1.807) is 0 Å². The summed E-state index contributed by atoms with van der Waals surface area (Å²) in [7, 11) is 0. The van der Waals surface area contributed by atoms with Crippen LogP contribution in [0.1, 0.15) is 36.9 Å². The second-order valence-corrected chi connectivity index (χ2v) is 6.01. The molecule has 3 rings (SSSR count). The maximum atomic E-state index is 5.73. The number of hydrogen-bond acceptors (Lipinski definition) is 3. The summed E-state index contributed by atoms with van der Waals surface area (Å²) in [6.07, 6.45) is 2.41. The maximum Gasteiger partial charge on any atom is 0.123 e. The molecule has 0 radical (unpaired) electrons. The van der Waals surface area contributed by atoms with Gasteiger partial charge in [-0.1, -0.05) is 48.5 Å². The van der Waals surface area contributed by atoms with E-state index in [2.05, 4.69) is 53.1 Å². The first-order valence-electron chi connectivity index (χ1n) is 8.61. The van der Waals surface area contributed by atoms with Crippen LogP contribution in [0.15, 0.2) is 54.6 Å². The van der Waals surface area contributed by atoms with E-state index in [1.807, 2.05) is 19.1 Å². The summed E-state index contributed by atoms with van der Waals surface area (Å²) in [5.41, 5.74) is 2.59. The molecule has 2 aromatic rings. The molecule has 0 amide bonds. The first-order chi connectivity index (χ1) is 11.4. The second kappa shape index (κ2) is 8.14. The molecule has 3 nitrogen and oxygen atoms in total. The molecule has 3 heteroatoms. The summed E-state index contributed by atoms with van der Waals surface area (Å²) in [5, 5.41) is 7.41. The standard InChI is InChI=1S/C20H26N2O/c1-2-23-19-13-7-6-11-17(19)15-22-18-12-8-14-21-20(18)16-9-4-3-5-10-16/h3-7,9-11,13,18,20-22H,2,8,12,14-15H2,1H3/t18-,20-/m1/s1. The zero-order valence-corrected chi connectivity index (χ0v) is 13.8. The van der Waals surface area contributed by atoms with Gasteiger partial charge in [-0.3, -0.25) is 0 Å². The lowest BCUT2D eigenvalue weighted by molar-refractivity contribution is 0.299. The van der Waals surface area contributed by atoms with Gasteiger partial charge in [-0.2, -0.15) is 0 Å². The summed E-state index contributed by atoms with van der Waals surface area (Å²) >= 11 is 0. The molecule has 0 unspecified atom stereocenters. The molecule has 0 saturated carbocycles. The van der Waals surface area contributed by atoms with Crippen LogP contribution in [0.4, 0.5) is 0 Å². The third-order valence-electron chi connectivity index (χ3n) is 4.44. The highest BCUT2D eigenvalue weighted by Gasteiger charge is 2.25.